The molecule has 0 amide bonds. The molecule has 2 aliphatic rings. The SMILES string of the molecule is C(=Cc1ccc2c(c1)c1ccccc1n2-c1cccc2ccccc12)c1ccc2c(c1)C1(CCc3ccccc31)c1cc(C=Cc3ccc4c(c3)c3ccccc3n4-c3cccc4ccccc34)ccc1-2. The normalized spacial score (nSPS) is 15.2. The molecule has 0 radical (unpaired) electrons. The third kappa shape index (κ3) is 6.01. The molecule has 0 aliphatic heterocycles. The smallest absolute Gasteiger partial charge is 0.0541 e. The summed E-state index contributed by atoms with van der Waals surface area (Å²) in [7, 11) is 0. The Bertz CT molecular complexity index is 4150. The fraction of sp³-hybridized carbons (Fsp3) is 0.0435. The largest absolute Gasteiger partial charge is 0.309 e. The summed E-state index contributed by atoms with van der Waals surface area (Å²) in [5, 5.41) is 10.0. The van der Waals surface area contributed by atoms with Gasteiger partial charge in [0.1, 0.15) is 0 Å². The quantitative estimate of drug-likeness (QED) is 0.147. The topological polar surface area (TPSA) is 9.86 Å². The van der Waals surface area contributed by atoms with Crippen molar-refractivity contribution >= 4 is 89.5 Å². The van der Waals surface area contributed by atoms with Crippen molar-refractivity contribution in [3.8, 4) is 22.5 Å². The number of rotatable bonds is 6. The molecule has 2 aromatic heterocycles. The molecule has 0 N–H and O–H groups in total. The predicted octanol–water partition coefficient (Wildman–Crippen LogP) is 17.8. The monoisotopic (exact) mass is 902 g/mol. The minimum Gasteiger partial charge on any atom is -0.309 e. The van der Waals surface area contributed by atoms with E-state index >= 15 is 0 Å². The Morgan fingerprint density at radius 3 is 1.25 bits per heavy atom. The fourth-order valence-corrected chi connectivity index (χ4v) is 12.7. The van der Waals surface area contributed by atoms with E-state index in [0.29, 0.717) is 0 Å². The van der Waals surface area contributed by atoms with Gasteiger partial charge in [-0.05, 0) is 140 Å². The van der Waals surface area contributed by atoms with Crippen LogP contribution in [0, 0.1) is 0 Å². The van der Waals surface area contributed by atoms with Crippen LogP contribution < -0.4 is 0 Å². The van der Waals surface area contributed by atoms with Crippen molar-refractivity contribution in [2.75, 3.05) is 0 Å². The van der Waals surface area contributed by atoms with E-state index in [-0.39, 0.29) is 5.41 Å². The molecule has 15 rings (SSSR count). The van der Waals surface area contributed by atoms with E-state index in [1.807, 2.05) is 0 Å². The van der Waals surface area contributed by atoms with E-state index in [4.69, 9.17) is 0 Å². The molecule has 2 heterocycles. The highest BCUT2D eigenvalue weighted by molar-refractivity contribution is 6.12. The Balaban J connectivity index is 0.789. The summed E-state index contributed by atoms with van der Waals surface area (Å²) in [6, 6.07) is 85.7. The Morgan fingerprint density at radius 1 is 0.310 bits per heavy atom. The molecule has 71 heavy (non-hydrogen) atoms. The van der Waals surface area contributed by atoms with Crippen LogP contribution in [0.4, 0.5) is 0 Å². The first-order chi connectivity index (χ1) is 35.2. The number of para-hydroxylation sites is 2. The summed E-state index contributed by atoms with van der Waals surface area (Å²) in [6.45, 7) is 0. The number of nitrogens with zero attached hydrogens (tertiary/aromatic N) is 2. The summed E-state index contributed by atoms with van der Waals surface area (Å²) in [6.07, 6.45) is 11.3. The van der Waals surface area contributed by atoms with Gasteiger partial charge in [-0.25, -0.2) is 0 Å². The lowest BCUT2D eigenvalue weighted by molar-refractivity contribution is 0.626. The summed E-state index contributed by atoms with van der Waals surface area (Å²) in [5.74, 6) is 0. The van der Waals surface area contributed by atoms with Gasteiger partial charge in [0, 0.05) is 37.7 Å². The zero-order valence-electron chi connectivity index (χ0n) is 39.1. The van der Waals surface area contributed by atoms with E-state index < -0.39 is 0 Å². The van der Waals surface area contributed by atoms with Crippen LogP contribution >= 0.6 is 0 Å². The number of hydrogen-bond donors (Lipinski definition) is 0. The minimum atomic E-state index is -0.209. The maximum atomic E-state index is 2.48. The average molecular weight is 903 g/mol. The lowest BCUT2D eigenvalue weighted by atomic mass is 9.73. The zero-order valence-corrected chi connectivity index (χ0v) is 39.1. The second-order valence-electron chi connectivity index (χ2n) is 19.6. The van der Waals surface area contributed by atoms with Crippen LogP contribution in [0.5, 0.6) is 0 Å². The maximum Gasteiger partial charge on any atom is 0.0541 e. The Kier molecular flexibility index (Phi) is 8.73. The van der Waals surface area contributed by atoms with Crippen LogP contribution in [0.3, 0.4) is 0 Å². The number of aryl methyl sites for hydroxylation is 1. The van der Waals surface area contributed by atoms with E-state index in [1.165, 1.54) is 132 Å². The summed E-state index contributed by atoms with van der Waals surface area (Å²) >= 11 is 0. The van der Waals surface area contributed by atoms with Crippen molar-refractivity contribution in [2.24, 2.45) is 0 Å². The van der Waals surface area contributed by atoms with Crippen LogP contribution in [0.25, 0.3) is 112 Å². The van der Waals surface area contributed by atoms with Gasteiger partial charge in [0.15, 0.2) is 0 Å². The van der Waals surface area contributed by atoms with Crippen molar-refractivity contribution in [2.45, 2.75) is 18.3 Å². The lowest BCUT2D eigenvalue weighted by Gasteiger charge is -2.29. The van der Waals surface area contributed by atoms with Crippen LogP contribution in [0.15, 0.2) is 231 Å². The highest BCUT2D eigenvalue weighted by atomic mass is 15.0. The Morgan fingerprint density at radius 2 is 0.718 bits per heavy atom. The van der Waals surface area contributed by atoms with Crippen molar-refractivity contribution in [3.05, 3.63) is 275 Å². The first-order valence-electron chi connectivity index (χ1n) is 24.9. The van der Waals surface area contributed by atoms with Gasteiger partial charge < -0.3 is 9.13 Å². The third-order valence-corrected chi connectivity index (χ3v) is 15.9. The molecule has 0 saturated heterocycles. The van der Waals surface area contributed by atoms with Gasteiger partial charge >= 0.3 is 0 Å². The van der Waals surface area contributed by atoms with E-state index in [2.05, 4.69) is 264 Å². The molecule has 2 nitrogen and oxygen atoms in total. The molecular weight excluding hydrogens is 857 g/mol. The van der Waals surface area contributed by atoms with Crippen molar-refractivity contribution < 1.29 is 0 Å². The van der Waals surface area contributed by atoms with Crippen LogP contribution in [-0.2, 0) is 11.8 Å². The van der Waals surface area contributed by atoms with Crippen LogP contribution in [0.2, 0.25) is 0 Å². The lowest BCUT2D eigenvalue weighted by Crippen LogP contribution is -2.23. The minimum absolute atomic E-state index is 0.209. The van der Waals surface area contributed by atoms with Gasteiger partial charge in [0.2, 0.25) is 0 Å². The maximum absolute atomic E-state index is 2.48. The molecule has 0 fully saturated rings. The predicted molar refractivity (Wildman–Crippen MR) is 301 cm³/mol. The van der Waals surface area contributed by atoms with Gasteiger partial charge in [0.05, 0.1) is 33.4 Å². The van der Waals surface area contributed by atoms with Crippen molar-refractivity contribution in [3.63, 3.8) is 0 Å². The molecule has 1 spiro atoms. The number of hydrogen-bond acceptors (Lipinski definition) is 0. The molecule has 2 heteroatoms. The van der Waals surface area contributed by atoms with Gasteiger partial charge in [0.25, 0.3) is 0 Å². The molecule has 13 aromatic rings. The molecule has 0 bridgehead atoms. The molecule has 0 unspecified atom stereocenters. The highest BCUT2D eigenvalue weighted by Crippen LogP contribution is 2.58. The third-order valence-electron chi connectivity index (χ3n) is 15.9. The van der Waals surface area contributed by atoms with Gasteiger partial charge in [-0.1, -0.05) is 194 Å². The molecule has 0 atom stereocenters. The zero-order chi connectivity index (χ0) is 46.6. The van der Waals surface area contributed by atoms with Crippen LogP contribution in [-0.4, -0.2) is 9.13 Å². The fourth-order valence-electron chi connectivity index (χ4n) is 12.7. The number of benzene rings is 11. The number of aromatic nitrogens is 2. The highest BCUT2D eigenvalue weighted by Gasteiger charge is 2.48. The first-order valence-corrected chi connectivity index (χ1v) is 24.9. The Hall–Kier alpha value is -8.98. The van der Waals surface area contributed by atoms with Gasteiger partial charge in [-0.2, -0.15) is 0 Å². The first kappa shape index (κ1) is 40.0. The number of fused-ring (bicyclic) bond motifs is 15. The molecule has 11 aromatic carbocycles. The van der Waals surface area contributed by atoms with Gasteiger partial charge in [-0.15, -0.1) is 0 Å². The molecule has 2 aliphatic carbocycles. The molecular formula is C69H46N2. The molecule has 0 saturated carbocycles. The summed E-state index contributed by atoms with van der Waals surface area (Å²) < 4.78 is 4.87. The molecule has 332 valence electrons. The van der Waals surface area contributed by atoms with Crippen molar-refractivity contribution in [1.29, 1.82) is 0 Å². The van der Waals surface area contributed by atoms with Crippen molar-refractivity contribution in [1.82, 2.24) is 9.13 Å². The second-order valence-corrected chi connectivity index (χ2v) is 19.6. The second kappa shape index (κ2) is 15.5. The van der Waals surface area contributed by atoms with E-state index in [0.717, 1.165) is 12.8 Å². The van der Waals surface area contributed by atoms with E-state index in [1.54, 1.807) is 0 Å². The Labute approximate surface area is 412 Å². The van der Waals surface area contributed by atoms with Crippen LogP contribution in [0.1, 0.15) is 50.9 Å². The van der Waals surface area contributed by atoms with Gasteiger partial charge in [-0.3, -0.25) is 0 Å². The van der Waals surface area contributed by atoms with E-state index in [9.17, 15) is 0 Å². The summed E-state index contributed by atoms with van der Waals surface area (Å²) in [5.41, 5.74) is 20.3. The average Bonchev–Trinajstić information content (AvgIpc) is 4.16. The standard InChI is InChI=1S/C69H46N2/c1-4-18-52-49(13-1)16-11-25-63(52)70-65-23-9-6-20-56(65)58-41-45(33-37-67(58)70)27-29-47-31-35-54-55-36-32-48(44-62(55)69(61(54)43-47)40-39-51-15-3-8-22-60(51)69)30-28-46-34-38-68-59(42-46)57-21-7-10-24-66(57)71(68)64-26-12-17-50-14-2-5-19-53(50)64/h1-38,41-44H,39-40H2. The summed E-state index contributed by atoms with van der Waals surface area (Å²) in [4.78, 5) is 0.